The van der Waals surface area contributed by atoms with Gasteiger partial charge in [0.1, 0.15) is 5.01 Å². The Morgan fingerprint density at radius 1 is 1.44 bits per heavy atom. The van der Waals surface area contributed by atoms with E-state index in [1.807, 2.05) is 30.9 Å². The van der Waals surface area contributed by atoms with Gasteiger partial charge >= 0.3 is 0 Å². The number of hydrogen-bond acceptors (Lipinski definition) is 5. The van der Waals surface area contributed by atoms with Gasteiger partial charge in [-0.15, -0.1) is 11.3 Å². The summed E-state index contributed by atoms with van der Waals surface area (Å²) in [7, 11) is 0. The first-order chi connectivity index (χ1) is 8.83. The molecule has 0 N–H and O–H groups in total. The van der Waals surface area contributed by atoms with Crippen LogP contribution in [0.15, 0.2) is 24.0 Å². The van der Waals surface area contributed by atoms with E-state index in [1.54, 1.807) is 11.3 Å². The molecule has 18 heavy (non-hydrogen) atoms. The molecule has 0 saturated carbocycles. The van der Waals surface area contributed by atoms with Gasteiger partial charge in [0.05, 0.1) is 24.0 Å². The average Bonchev–Trinajstić information content (AvgIpc) is 3.01. The van der Waals surface area contributed by atoms with Crippen molar-refractivity contribution in [3.05, 3.63) is 40.4 Å². The van der Waals surface area contributed by atoms with Crippen LogP contribution in [0.3, 0.4) is 0 Å². The van der Waals surface area contributed by atoms with Crippen LogP contribution in [-0.4, -0.2) is 26.4 Å². The highest BCUT2D eigenvalue weighted by atomic mass is 32.1. The molecule has 2 aromatic rings. The Bertz CT molecular complexity index is 511. The van der Waals surface area contributed by atoms with E-state index >= 15 is 0 Å². The van der Waals surface area contributed by atoms with Crippen molar-refractivity contribution in [2.24, 2.45) is 0 Å². The fourth-order valence-electron chi connectivity index (χ4n) is 2.50. The highest BCUT2D eigenvalue weighted by Crippen LogP contribution is 2.32. The van der Waals surface area contributed by atoms with E-state index in [9.17, 15) is 0 Å². The van der Waals surface area contributed by atoms with Crippen molar-refractivity contribution in [1.29, 1.82) is 0 Å². The molecule has 1 fully saturated rings. The molecule has 4 nitrogen and oxygen atoms in total. The van der Waals surface area contributed by atoms with Crippen LogP contribution in [0.5, 0.6) is 0 Å². The Kier molecular flexibility index (Phi) is 3.34. The molecule has 1 saturated heterocycles. The Morgan fingerprint density at radius 3 is 3.17 bits per heavy atom. The summed E-state index contributed by atoms with van der Waals surface area (Å²) in [6.45, 7) is 4.05. The van der Waals surface area contributed by atoms with Gasteiger partial charge in [-0.2, -0.15) is 0 Å². The standard InChI is InChI=1S/C13H16N4S/c1-10-7-14-8-11(16-10)12-3-2-5-17(12)9-13-15-4-6-18-13/h4,6-8,12H,2-3,5,9H2,1H3/t12-/m0/s1. The molecule has 94 valence electrons. The van der Waals surface area contributed by atoms with Gasteiger partial charge in [0.2, 0.25) is 0 Å². The largest absolute Gasteiger partial charge is 0.288 e. The third kappa shape index (κ3) is 2.42. The normalized spacial score (nSPS) is 20.4. The van der Waals surface area contributed by atoms with Crippen molar-refractivity contribution < 1.29 is 0 Å². The maximum Gasteiger partial charge on any atom is 0.107 e. The van der Waals surface area contributed by atoms with Gasteiger partial charge in [0.15, 0.2) is 0 Å². The summed E-state index contributed by atoms with van der Waals surface area (Å²) < 4.78 is 0. The van der Waals surface area contributed by atoms with E-state index in [4.69, 9.17) is 0 Å². The van der Waals surface area contributed by atoms with Gasteiger partial charge in [0.25, 0.3) is 0 Å². The van der Waals surface area contributed by atoms with Gasteiger partial charge in [-0.3, -0.25) is 14.9 Å². The third-order valence-electron chi connectivity index (χ3n) is 3.30. The molecule has 3 rings (SSSR count). The monoisotopic (exact) mass is 260 g/mol. The van der Waals surface area contributed by atoms with Crippen molar-refractivity contribution in [1.82, 2.24) is 19.9 Å². The van der Waals surface area contributed by atoms with Crippen LogP contribution in [-0.2, 0) is 6.54 Å². The lowest BCUT2D eigenvalue weighted by Crippen LogP contribution is -2.23. The van der Waals surface area contributed by atoms with Gasteiger partial charge in [-0.05, 0) is 26.3 Å². The molecule has 1 aliphatic rings. The molecule has 2 aromatic heterocycles. The molecule has 0 amide bonds. The van der Waals surface area contributed by atoms with E-state index < -0.39 is 0 Å². The predicted octanol–water partition coefficient (Wildman–Crippen LogP) is 2.58. The second-order valence-electron chi connectivity index (χ2n) is 4.64. The molecule has 1 aliphatic heterocycles. The zero-order valence-corrected chi connectivity index (χ0v) is 11.2. The van der Waals surface area contributed by atoms with Crippen molar-refractivity contribution in [3.63, 3.8) is 0 Å². The van der Waals surface area contributed by atoms with Crippen LogP contribution in [0, 0.1) is 6.92 Å². The molecule has 0 bridgehead atoms. The zero-order chi connectivity index (χ0) is 12.4. The molecule has 0 aromatic carbocycles. The van der Waals surface area contributed by atoms with Crippen molar-refractivity contribution in [2.45, 2.75) is 32.4 Å². The Morgan fingerprint density at radius 2 is 2.39 bits per heavy atom. The Hall–Kier alpha value is -1.33. The van der Waals surface area contributed by atoms with Gasteiger partial charge in [-0.1, -0.05) is 0 Å². The lowest BCUT2D eigenvalue weighted by molar-refractivity contribution is 0.243. The first-order valence-corrected chi connectivity index (χ1v) is 7.12. The summed E-state index contributed by atoms with van der Waals surface area (Å²) in [5.41, 5.74) is 2.10. The minimum atomic E-state index is 0.404. The molecule has 0 spiro atoms. The predicted molar refractivity (Wildman–Crippen MR) is 71.3 cm³/mol. The topological polar surface area (TPSA) is 41.9 Å². The van der Waals surface area contributed by atoms with E-state index in [0.29, 0.717) is 6.04 Å². The van der Waals surface area contributed by atoms with Crippen LogP contribution in [0.1, 0.15) is 35.3 Å². The first kappa shape index (κ1) is 11.7. The molecular weight excluding hydrogens is 244 g/mol. The molecule has 0 aliphatic carbocycles. The smallest absolute Gasteiger partial charge is 0.107 e. The number of hydrogen-bond donors (Lipinski definition) is 0. The Labute approximate surface area is 111 Å². The maximum atomic E-state index is 4.61. The van der Waals surface area contributed by atoms with E-state index in [-0.39, 0.29) is 0 Å². The summed E-state index contributed by atoms with van der Waals surface area (Å²) in [4.78, 5) is 15.7. The minimum absolute atomic E-state index is 0.404. The van der Waals surface area contributed by atoms with Crippen LogP contribution in [0.2, 0.25) is 0 Å². The lowest BCUT2D eigenvalue weighted by Gasteiger charge is -2.22. The number of nitrogens with zero attached hydrogens (tertiary/aromatic N) is 4. The van der Waals surface area contributed by atoms with Crippen molar-refractivity contribution >= 4 is 11.3 Å². The fourth-order valence-corrected chi connectivity index (χ4v) is 3.14. The van der Waals surface area contributed by atoms with Crippen LogP contribution in [0.25, 0.3) is 0 Å². The molecular formula is C13H16N4S. The Balaban J connectivity index is 1.79. The quantitative estimate of drug-likeness (QED) is 0.850. The highest BCUT2D eigenvalue weighted by molar-refractivity contribution is 7.09. The zero-order valence-electron chi connectivity index (χ0n) is 10.4. The number of rotatable bonds is 3. The number of aryl methyl sites for hydroxylation is 1. The summed E-state index contributed by atoms with van der Waals surface area (Å²) >= 11 is 1.72. The first-order valence-electron chi connectivity index (χ1n) is 6.24. The van der Waals surface area contributed by atoms with E-state index in [0.717, 1.165) is 24.5 Å². The lowest BCUT2D eigenvalue weighted by atomic mass is 10.1. The van der Waals surface area contributed by atoms with Crippen LogP contribution >= 0.6 is 11.3 Å². The van der Waals surface area contributed by atoms with Gasteiger partial charge in [-0.25, -0.2) is 4.98 Å². The number of aromatic nitrogens is 3. The summed E-state index contributed by atoms with van der Waals surface area (Å²) in [5.74, 6) is 0. The van der Waals surface area contributed by atoms with E-state index in [2.05, 4.69) is 19.9 Å². The second-order valence-corrected chi connectivity index (χ2v) is 5.62. The van der Waals surface area contributed by atoms with Gasteiger partial charge in [0, 0.05) is 24.0 Å². The average molecular weight is 260 g/mol. The summed E-state index contributed by atoms with van der Waals surface area (Å²) in [6, 6.07) is 0.404. The molecule has 0 unspecified atom stereocenters. The molecule has 1 atom stereocenters. The highest BCUT2D eigenvalue weighted by Gasteiger charge is 2.27. The second kappa shape index (κ2) is 5.12. The number of likely N-dealkylation sites (tertiary alicyclic amines) is 1. The SMILES string of the molecule is Cc1cncc([C@@H]2CCCN2Cc2nccs2)n1. The van der Waals surface area contributed by atoms with Gasteiger partial charge < -0.3 is 0 Å². The third-order valence-corrected chi connectivity index (χ3v) is 4.06. The summed E-state index contributed by atoms with van der Waals surface area (Å²) in [6.07, 6.45) is 7.98. The molecule has 0 radical (unpaired) electrons. The summed E-state index contributed by atoms with van der Waals surface area (Å²) in [5, 5.41) is 3.22. The van der Waals surface area contributed by atoms with Crippen LogP contribution in [0.4, 0.5) is 0 Å². The maximum absolute atomic E-state index is 4.61. The fraction of sp³-hybridized carbons (Fsp3) is 0.462. The molecule has 5 heteroatoms. The van der Waals surface area contributed by atoms with Crippen molar-refractivity contribution in [2.75, 3.05) is 6.54 Å². The van der Waals surface area contributed by atoms with E-state index in [1.165, 1.54) is 17.8 Å². The molecule has 3 heterocycles. The minimum Gasteiger partial charge on any atom is -0.288 e. The van der Waals surface area contributed by atoms with Crippen molar-refractivity contribution in [3.8, 4) is 0 Å². The van der Waals surface area contributed by atoms with Crippen LogP contribution < -0.4 is 0 Å². The number of thiazole rings is 1.